The lowest BCUT2D eigenvalue weighted by molar-refractivity contribution is 0.104. The van der Waals surface area contributed by atoms with Crippen LogP contribution >= 0.6 is 0 Å². The van der Waals surface area contributed by atoms with Crippen LogP contribution in [0.2, 0.25) is 0 Å². The van der Waals surface area contributed by atoms with Gasteiger partial charge in [-0.3, -0.25) is 14.9 Å². The molecule has 84 valence electrons. The molecule has 0 aromatic carbocycles. The Morgan fingerprint density at radius 1 is 1.33 bits per heavy atom. The zero-order chi connectivity index (χ0) is 10.7. The van der Waals surface area contributed by atoms with E-state index >= 15 is 0 Å². The number of hydrogen-bond donors (Lipinski definition) is 1. The maximum absolute atomic E-state index is 3.97. The number of nitrogens with one attached hydrogen (secondary N) is 1. The standard InChI is InChI=1S/C11H20N4/c1-10(2)15-5-3-14(4-6-15)9-11-7-12-13-8-11/h7-8,10H,3-6,9H2,1-2H3,(H,12,13). The van der Waals surface area contributed by atoms with Crippen molar-refractivity contribution in [1.82, 2.24) is 20.0 Å². The molecule has 2 rings (SSSR count). The van der Waals surface area contributed by atoms with Gasteiger partial charge in [0.2, 0.25) is 0 Å². The summed E-state index contributed by atoms with van der Waals surface area (Å²) in [5.74, 6) is 0. The first-order valence-electron chi connectivity index (χ1n) is 5.70. The van der Waals surface area contributed by atoms with E-state index in [1.54, 1.807) is 0 Å². The van der Waals surface area contributed by atoms with Crippen molar-refractivity contribution in [3.8, 4) is 0 Å². The fourth-order valence-electron chi connectivity index (χ4n) is 2.06. The summed E-state index contributed by atoms with van der Waals surface area (Å²) in [6, 6.07) is 0.682. The third-order valence-electron chi connectivity index (χ3n) is 3.10. The highest BCUT2D eigenvalue weighted by molar-refractivity contribution is 5.02. The van der Waals surface area contributed by atoms with E-state index in [4.69, 9.17) is 0 Å². The van der Waals surface area contributed by atoms with E-state index in [0.717, 1.165) is 6.54 Å². The van der Waals surface area contributed by atoms with Gasteiger partial charge in [-0.05, 0) is 13.8 Å². The molecule has 2 heterocycles. The predicted molar refractivity (Wildman–Crippen MR) is 60.6 cm³/mol. The quantitative estimate of drug-likeness (QED) is 0.803. The van der Waals surface area contributed by atoms with Crippen LogP contribution in [-0.2, 0) is 6.54 Å². The van der Waals surface area contributed by atoms with Crippen molar-refractivity contribution in [2.75, 3.05) is 26.2 Å². The van der Waals surface area contributed by atoms with Gasteiger partial charge in [0, 0.05) is 50.5 Å². The molecule has 0 radical (unpaired) electrons. The Morgan fingerprint density at radius 3 is 2.60 bits per heavy atom. The number of piperazine rings is 1. The molecule has 4 heteroatoms. The van der Waals surface area contributed by atoms with Gasteiger partial charge in [0.05, 0.1) is 6.20 Å². The van der Waals surface area contributed by atoms with E-state index in [1.165, 1.54) is 31.7 Å². The average Bonchev–Trinajstić information content (AvgIpc) is 2.71. The largest absolute Gasteiger partial charge is 0.298 e. The molecule has 0 spiro atoms. The highest BCUT2D eigenvalue weighted by Gasteiger charge is 2.18. The van der Waals surface area contributed by atoms with Crippen LogP contribution in [-0.4, -0.2) is 52.2 Å². The molecule has 1 saturated heterocycles. The highest BCUT2D eigenvalue weighted by Crippen LogP contribution is 2.08. The van der Waals surface area contributed by atoms with E-state index in [2.05, 4.69) is 33.8 Å². The van der Waals surface area contributed by atoms with Crippen LogP contribution in [0.4, 0.5) is 0 Å². The summed E-state index contributed by atoms with van der Waals surface area (Å²) in [5, 5.41) is 6.83. The van der Waals surface area contributed by atoms with Gasteiger partial charge >= 0.3 is 0 Å². The minimum absolute atomic E-state index is 0.682. The smallest absolute Gasteiger partial charge is 0.0532 e. The van der Waals surface area contributed by atoms with Crippen LogP contribution in [0.5, 0.6) is 0 Å². The van der Waals surface area contributed by atoms with Gasteiger partial charge in [0.1, 0.15) is 0 Å². The zero-order valence-corrected chi connectivity index (χ0v) is 9.61. The van der Waals surface area contributed by atoms with Crippen molar-refractivity contribution in [2.45, 2.75) is 26.4 Å². The summed E-state index contributed by atoms with van der Waals surface area (Å²) in [5.41, 5.74) is 1.29. The topological polar surface area (TPSA) is 35.2 Å². The second-order valence-electron chi connectivity index (χ2n) is 4.51. The molecular formula is C11H20N4. The normalized spacial score (nSPS) is 19.9. The first-order valence-corrected chi connectivity index (χ1v) is 5.70. The van der Waals surface area contributed by atoms with Crippen molar-refractivity contribution in [3.63, 3.8) is 0 Å². The molecule has 0 saturated carbocycles. The van der Waals surface area contributed by atoms with E-state index in [9.17, 15) is 0 Å². The maximum atomic E-state index is 3.97. The number of nitrogens with zero attached hydrogens (tertiary/aromatic N) is 3. The molecule has 0 bridgehead atoms. The van der Waals surface area contributed by atoms with E-state index in [1.807, 2.05) is 12.4 Å². The van der Waals surface area contributed by atoms with Crippen LogP contribution in [0.1, 0.15) is 19.4 Å². The van der Waals surface area contributed by atoms with Crippen LogP contribution in [0, 0.1) is 0 Å². The predicted octanol–water partition coefficient (Wildman–Crippen LogP) is 0.936. The molecule has 1 aliphatic rings. The Balaban J connectivity index is 1.79. The summed E-state index contributed by atoms with van der Waals surface area (Å²) >= 11 is 0. The third kappa shape index (κ3) is 2.79. The second-order valence-corrected chi connectivity index (χ2v) is 4.51. The van der Waals surface area contributed by atoms with Crippen molar-refractivity contribution in [1.29, 1.82) is 0 Å². The Labute approximate surface area is 91.3 Å². The van der Waals surface area contributed by atoms with Crippen LogP contribution in [0.25, 0.3) is 0 Å². The summed E-state index contributed by atoms with van der Waals surface area (Å²) < 4.78 is 0. The van der Waals surface area contributed by atoms with Gasteiger partial charge < -0.3 is 0 Å². The first kappa shape index (κ1) is 10.6. The average molecular weight is 208 g/mol. The molecule has 0 amide bonds. The van der Waals surface area contributed by atoms with Crippen LogP contribution in [0.15, 0.2) is 12.4 Å². The van der Waals surface area contributed by atoms with E-state index in [-0.39, 0.29) is 0 Å². The van der Waals surface area contributed by atoms with Gasteiger partial charge in [-0.25, -0.2) is 0 Å². The van der Waals surface area contributed by atoms with E-state index < -0.39 is 0 Å². The Hall–Kier alpha value is -0.870. The lowest BCUT2D eigenvalue weighted by atomic mass is 10.2. The summed E-state index contributed by atoms with van der Waals surface area (Å²) in [6.45, 7) is 10.3. The summed E-state index contributed by atoms with van der Waals surface area (Å²) in [6.07, 6.45) is 3.89. The summed E-state index contributed by atoms with van der Waals surface area (Å²) in [4.78, 5) is 5.02. The van der Waals surface area contributed by atoms with E-state index in [0.29, 0.717) is 6.04 Å². The Kier molecular flexibility index (Phi) is 3.38. The van der Waals surface area contributed by atoms with Gasteiger partial charge in [-0.15, -0.1) is 0 Å². The molecule has 0 unspecified atom stereocenters. The molecule has 0 aliphatic carbocycles. The molecular weight excluding hydrogens is 188 g/mol. The number of rotatable bonds is 3. The number of aromatic amines is 1. The molecule has 1 fully saturated rings. The molecule has 1 aliphatic heterocycles. The fraction of sp³-hybridized carbons (Fsp3) is 0.727. The fourth-order valence-corrected chi connectivity index (χ4v) is 2.06. The number of H-pyrrole nitrogens is 1. The zero-order valence-electron chi connectivity index (χ0n) is 9.61. The van der Waals surface area contributed by atoms with Crippen LogP contribution in [0.3, 0.4) is 0 Å². The van der Waals surface area contributed by atoms with Crippen molar-refractivity contribution >= 4 is 0 Å². The number of hydrogen-bond acceptors (Lipinski definition) is 3. The minimum atomic E-state index is 0.682. The SMILES string of the molecule is CC(C)N1CCN(Cc2cn[nH]c2)CC1. The van der Waals surface area contributed by atoms with Crippen molar-refractivity contribution in [3.05, 3.63) is 18.0 Å². The maximum Gasteiger partial charge on any atom is 0.0532 e. The summed E-state index contributed by atoms with van der Waals surface area (Å²) in [7, 11) is 0. The number of aromatic nitrogens is 2. The van der Waals surface area contributed by atoms with Gasteiger partial charge in [0.25, 0.3) is 0 Å². The molecule has 1 aromatic heterocycles. The first-order chi connectivity index (χ1) is 7.25. The Bertz CT molecular complexity index is 273. The molecule has 15 heavy (non-hydrogen) atoms. The van der Waals surface area contributed by atoms with Crippen molar-refractivity contribution < 1.29 is 0 Å². The van der Waals surface area contributed by atoms with Gasteiger partial charge in [-0.1, -0.05) is 0 Å². The highest BCUT2D eigenvalue weighted by atomic mass is 15.3. The molecule has 1 N–H and O–H groups in total. The lowest BCUT2D eigenvalue weighted by Gasteiger charge is -2.36. The second kappa shape index (κ2) is 4.77. The van der Waals surface area contributed by atoms with Gasteiger partial charge in [-0.2, -0.15) is 5.10 Å². The monoisotopic (exact) mass is 208 g/mol. The van der Waals surface area contributed by atoms with Crippen molar-refractivity contribution in [2.24, 2.45) is 0 Å². The van der Waals surface area contributed by atoms with Crippen LogP contribution < -0.4 is 0 Å². The lowest BCUT2D eigenvalue weighted by Crippen LogP contribution is -2.48. The van der Waals surface area contributed by atoms with Gasteiger partial charge in [0.15, 0.2) is 0 Å². The Morgan fingerprint density at radius 2 is 2.07 bits per heavy atom. The molecule has 1 aromatic rings. The third-order valence-corrected chi connectivity index (χ3v) is 3.10. The molecule has 0 atom stereocenters. The molecule has 4 nitrogen and oxygen atoms in total. The minimum Gasteiger partial charge on any atom is -0.298 e.